The van der Waals surface area contributed by atoms with Gasteiger partial charge in [-0.25, -0.2) is 38.4 Å². The van der Waals surface area contributed by atoms with Crippen LogP contribution in [0.25, 0.3) is 0 Å². The van der Waals surface area contributed by atoms with Crippen LogP contribution in [-0.4, -0.2) is 124 Å². The van der Waals surface area contributed by atoms with Crippen LogP contribution in [0.3, 0.4) is 0 Å². The number of nitrogens with one attached hydrogen (secondary N) is 5. The Balaban J connectivity index is 0.000000399. The molecule has 4 aliphatic carbocycles. The molecule has 26 heteroatoms. The topological polar surface area (TPSA) is 297 Å². The summed E-state index contributed by atoms with van der Waals surface area (Å²) >= 11 is 0. The van der Waals surface area contributed by atoms with Gasteiger partial charge in [-0.1, -0.05) is 265 Å². The molecule has 8 aromatic rings. The van der Waals surface area contributed by atoms with Gasteiger partial charge in [0.05, 0.1) is 42.6 Å². The summed E-state index contributed by atoms with van der Waals surface area (Å²) in [4.78, 5) is 103. The first-order valence-electron chi connectivity index (χ1n) is 46.6. The van der Waals surface area contributed by atoms with Crippen LogP contribution >= 0.6 is 15.8 Å². The molecule has 4 aliphatic rings. The average Bonchev–Trinajstić information content (AvgIpc) is 1.57. The number of carbonyl (C=O) groups is 4. The third kappa shape index (κ3) is 44.4. The molecule has 8 aromatic carbocycles. The third-order valence-electron chi connectivity index (χ3n) is 23.1. The zero-order valence-electron chi connectivity index (χ0n) is 80.2. The van der Waals surface area contributed by atoms with Gasteiger partial charge in [0.15, 0.2) is 0 Å². The van der Waals surface area contributed by atoms with Crippen LogP contribution < -0.4 is 47.8 Å². The SMILES string of the molecule is CC(C)C1CCCC1P(c1ccccc1)c1ccccc1.CC(C)C1CCCC1P(c1ccccc1)c1ccccc1.CCCCO.CCCCOC(=O)Nc1ccc(C)c(N=C=O)c1.CCCCOC(=O)Nc1ccc(C)c(N=C=O)c1.CCCCOC(=O)Nc1ccc(C)c(NC(=O)N(C)CC2CCCC2)c1.CNCC1CCCC1.Cc1ccc(N=C=O)cc1N=C=O.[Fe].[Fe]. The first-order chi connectivity index (χ1) is 63.0. The maximum absolute atomic E-state index is 12.5. The maximum atomic E-state index is 12.5. The Kier molecular flexibility index (Phi) is 60.9. The molecule has 132 heavy (non-hydrogen) atoms. The van der Waals surface area contributed by atoms with Crippen LogP contribution in [0.2, 0.25) is 0 Å². The Morgan fingerprint density at radius 1 is 0.417 bits per heavy atom. The second kappa shape index (κ2) is 69.1. The van der Waals surface area contributed by atoms with Crippen molar-refractivity contribution in [3.8, 4) is 0 Å². The minimum atomic E-state index is -0.506. The molecule has 716 valence electrons. The maximum Gasteiger partial charge on any atom is 0.411 e. The Hall–Kier alpha value is -9.82. The number of hydrogen-bond acceptors (Lipinski definition) is 17. The summed E-state index contributed by atoms with van der Waals surface area (Å²) in [5.41, 5.74) is 9.37. The van der Waals surface area contributed by atoms with Crippen molar-refractivity contribution in [1.29, 1.82) is 0 Å². The first-order valence-corrected chi connectivity index (χ1v) is 49.4. The van der Waals surface area contributed by atoms with Crippen LogP contribution in [0.4, 0.5) is 64.7 Å². The zero-order valence-corrected chi connectivity index (χ0v) is 84.2. The number of anilines is 4. The van der Waals surface area contributed by atoms with E-state index in [0.717, 1.165) is 121 Å². The van der Waals surface area contributed by atoms with Crippen LogP contribution in [0.1, 0.15) is 219 Å². The van der Waals surface area contributed by atoms with Crippen molar-refractivity contribution in [2.75, 3.05) is 74.9 Å². The summed E-state index contributed by atoms with van der Waals surface area (Å²) in [5.74, 6) is 4.98. The Bertz CT molecular complexity index is 4520. The van der Waals surface area contributed by atoms with E-state index in [0.29, 0.717) is 77.8 Å². The summed E-state index contributed by atoms with van der Waals surface area (Å²) in [6, 6.07) is 65.2. The number of carbonyl (C=O) groups excluding carboxylic acids is 8. The van der Waals surface area contributed by atoms with Gasteiger partial charge in [-0.2, -0.15) is 20.0 Å². The molecule has 6 N–H and O–H groups in total. The van der Waals surface area contributed by atoms with E-state index in [-0.39, 0.29) is 56.0 Å². The second-order valence-electron chi connectivity index (χ2n) is 33.8. The van der Waals surface area contributed by atoms with Gasteiger partial charge in [0.2, 0.25) is 24.3 Å². The monoisotopic (exact) mass is 1920 g/mol. The van der Waals surface area contributed by atoms with Crippen LogP contribution in [0.5, 0.6) is 0 Å². The minimum Gasteiger partial charge on any atom is -0.449 e. The fraction of sp³-hybridized carbons (Fsp3) is 0.472. The number of hydrogen-bond donors (Lipinski definition) is 6. The van der Waals surface area contributed by atoms with Crippen molar-refractivity contribution in [2.24, 2.45) is 55.5 Å². The molecule has 0 bridgehead atoms. The fourth-order valence-electron chi connectivity index (χ4n) is 15.9. The molecule has 12 rings (SSSR count). The predicted molar refractivity (Wildman–Crippen MR) is 537 cm³/mol. The van der Waals surface area contributed by atoms with Gasteiger partial charge in [0, 0.05) is 77.1 Å². The van der Waals surface area contributed by atoms with Crippen LogP contribution in [-0.2, 0) is 67.5 Å². The Morgan fingerprint density at radius 3 is 1.08 bits per heavy atom. The van der Waals surface area contributed by atoms with Crippen molar-refractivity contribution >= 4 is 131 Å². The summed E-state index contributed by atoms with van der Waals surface area (Å²) in [6.45, 7) is 28.7. The summed E-state index contributed by atoms with van der Waals surface area (Å²) in [5, 5.41) is 28.3. The first kappa shape index (κ1) is 116. The van der Waals surface area contributed by atoms with Crippen molar-refractivity contribution < 1.29 is 91.8 Å². The molecule has 4 atom stereocenters. The number of aliphatic imine (C=N–C) groups is 4. The number of unbranched alkanes of at least 4 members (excludes halogenated alkanes) is 4. The molecule has 4 unspecified atom stereocenters. The summed E-state index contributed by atoms with van der Waals surface area (Å²) in [7, 11) is 3.42. The molecule has 0 aromatic heterocycles. The third-order valence-corrected chi connectivity index (χ3v) is 29.1. The van der Waals surface area contributed by atoms with Gasteiger partial charge >= 0.3 is 24.3 Å². The number of isocyanates is 4. The predicted octanol–water partition coefficient (Wildman–Crippen LogP) is 25.6. The molecule has 22 nitrogen and oxygen atoms in total. The Morgan fingerprint density at radius 2 is 0.750 bits per heavy atom. The number of aliphatic hydroxyl groups excluding tert-OH is 1. The minimum absolute atomic E-state index is 0. The van der Waals surface area contributed by atoms with Gasteiger partial charge in [-0.15, -0.1) is 0 Å². The quantitative estimate of drug-likeness (QED) is 0.00589. The van der Waals surface area contributed by atoms with Gasteiger partial charge in [-0.05, 0) is 273 Å². The van der Waals surface area contributed by atoms with E-state index in [9.17, 15) is 38.4 Å². The molecule has 0 spiro atoms. The number of aryl methyl sites for hydroxylation is 4. The largest absolute Gasteiger partial charge is 0.449 e. The van der Waals surface area contributed by atoms with Gasteiger partial charge in [0.25, 0.3) is 0 Å². The molecule has 5 amide bonds. The summed E-state index contributed by atoms with van der Waals surface area (Å²) in [6.07, 6.45) is 31.0. The van der Waals surface area contributed by atoms with E-state index in [1.54, 1.807) is 93.7 Å². The van der Waals surface area contributed by atoms with E-state index < -0.39 is 18.3 Å². The smallest absolute Gasteiger partial charge is 0.411 e. The number of rotatable bonds is 31. The molecular formula is C106H144Fe2N10O12P2. The summed E-state index contributed by atoms with van der Waals surface area (Å²) < 4.78 is 15.0. The fourth-order valence-corrected chi connectivity index (χ4v) is 22.7. The number of amides is 5. The number of aliphatic hydroxyl groups is 1. The number of nitrogens with zero attached hydrogens (tertiary/aromatic N) is 5. The molecule has 4 fully saturated rings. The second-order valence-corrected chi connectivity index (χ2v) is 38.7. The van der Waals surface area contributed by atoms with Gasteiger partial charge in [0.1, 0.15) is 0 Å². The van der Waals surface area contributed by atoms with Gasteiger partial charge < -0.3 is 34.9 Å². The number of ether oxygens (including phenoxy) is 3. The molecular weight excluding hydrogens is 1780 g/mol. The normalized spacial score (nSPS) is 14.9. The van der Waals surface area contributed by atoms with E-state index in [1.807, 2.05) is 61.7 Å². The van der Waals surface area contributed by atoms with Crippen molar-refractivity contribution in [2.45, 2.75) is 236 Å². The molecule has 0 heterocycles. The van der Waals surface area contributed by atoms with E-state index in [1.165, 1.54) is 127 Å². The van der Waals surface area contributed by atoms with E-state index in [2.05, 4.69) is 202 Å². The molecule has 0 aliphatic heterocycles. The number of urea groups is 1. The Labute approximate surface area is 810 Å². The zero-order chi connectivity index (χ0) is 94.6. The standard InChI is InChI=1S/C20H31N3O3.2C20H25P.2C13H16N2O3.C9H6N2O2.C7H15N.C4H10O.2Fe/c1-4-5-12-26-20(25)21-17-11-10-15(2)18(13-17)22-19(24)23(3)14-16-8-6-7-9-16;2*1-16(2)19-14-9-15-20(19)21(17-10-5-3-6-11-17)18-12-7-4-8-13-18;2*1-3-4-7-18-13(17)15-11-6-5-10(2)12(8-11)14-9-16;1-7-2-3-8(10-5-12)4-9(7)11-6-13;1-8-6-7-4-2-3-5-7;1-2-3-4-5;;/h10-11,13,16H,4-9,12,14H2,1-3H3,(H,21,25)(H,22,24);2*3-8,10-13,16,19-20H,9,14-15H2,1-2H3;2*5-6,8H,3-4,7H2,1-2H3,(H,15,17);2-4H,1H3;7-8H,2-6H2,1H3;5H,2-4H2,1H3;;. The van der Waals surface area contributed by atoms with Crippen molar-refractivity contribution in [3.63, 3.8) is 0 Å². The molecule has 0 saturated heterocycles. The van der Waals surface area contributed by atoms with E-state index in [4.69, 9.17) is 19.3 Å². The van der Waals surface area contributed by atoms with Crippen LogP contribution in [0, 0.1) is 63.2 Å². The average molecular weight is 1920 g/mol. The van der Waals surface area contributed by atoms with Crippen LogP contribution in [0.15, 0.2) is 214 Å². The molecule has 0 radical (unpaired) electrons. The van der Waals surface area contributed by atoms with E-state index >= 15 is 0 Å². The number of benzene rings is 8. The van der Waals surface area contributed by atoms with Crippen molar-refractivity contribution in [1.82, 2.24) is 10.2 Å². The molecule has 4 saturated carbocycles. The van der Waals surface area contributed by atoms with Crippen molar-refractivity contribution in [3.05, 3.63) is 216 Å². The van der Waals surface area contributed by atoms with Gasteiger partial charge in [-0.3, -0.25) is 16.0 Å².